The second-order valence-electron chi connectivity index (χ2n) is 7.39. The Morgan fingerprint density at radius 2 is 1.87 bits per heavy atom. The minimum atomic E-state index is -0.793. The number of likely N-dealkylation sites (tertiary alicyclic amines) is 1. The maximum Gasteiger partial charge on any atom is 0.295 e. The predicted molar refractivity (Wildman–Crippen MR) is 113 cm³/mol. The first-order chi connectivity index (χ1) is 15.0. The van der Waals surface area contributed by atoms with Gasteiger partial charge < -0.3 is 28.8 Å². The lowest BCUT2D eigenvalue weighted by Gasteiger charge is -2.26. The summed E-state index contributed by atoms with van der Waals surface area (Å²) in [5.41, 5.74) is 0.388. The Kier molecular flexibility index (Phi) is 5.99. The van der Waals surface area contributed by atoms with Gasteiger partial charge in [-0.1, -0.05) is 13.8 Å². The first-order valence-electron chi connectivity index (χ1n) is 10.5. The number of aliphatic hydroxyl groups excluding tert-OH is 1. The average molecular weight is 426 g/mol. The number of carbonyl (C=O) groups is 2. The minimum absolute atomic E-state index is 0.0103. The fourth-order valence-corrected chi connectivity index (χ4v) is 3.99. The van der Waals surface area contributed by atoms with Crippen LogP contribution >= 0.6 is 0 Å². The number of ether oxygens (including phenoxy) is 2. The number of hydrogen-bond donors (Lipinski definition) is 1. The van der Waals surface area contributed by atoms with Crippen molar-refractivity contribution < 1.29 is 28.6 Å². The molecular weight excluding hydrogens is 400 g/mol. The molecule has 1 amide bonds. The number of hydrogen-bond acceptors (Lipinski definition) is 7. The van der Waals surface area contributed by atoms with Gasteiger partial charge in [-0.2, -0.15) is 0 Å². The van der Waals surface area contributed by atoms with E-state index in [0.29, 0.717) is 49.1 Å². The van der Waals surface area contributed by atoms with E-state index in [-0.39, 0.29) is 11.3 Å². The van der Waals surface area contributed by atoms with E-state index in [9.17, 15) is 14.7 Å². The van der Waals surface area contributed by atoms with Gasteiger partial charge in [0.2, 0.25) is 0 Å². The number of benzene rings is 1. The van der Waals surface area contributed by atoms with Gasteiger partial charge in [0.15, 0.2) is 11.5 Å². The highest BCUT2D eigenvalue weighted by Crippen LogP contribution is 2.41. The Labute approximate surface area is 180 Å². The molecule has 1 aromatic heterocycles. The Balaban J connectivity index is 1.74. The van der Waals surface area contributed by atoms with Crippen LogP contribution in [-0.2, 0) is 9.59 Å². The molecule has 4 rings (SSSR count). The van der Waals surface area contributed by atoms with Crippen LogP contribution in [0.15, 0.2) is 46.6 Å². The summed E-state index contributed by atoms with van der Waals surface area (Å²) in [6.07, 6.45) is 1.49. The molecule has 1 aromatic carbocycles. The fraction of sp³-hybridized carbons (Fsp3) is 0.391. The topological polar surface area (TPSA) is 92.5 Å². The molecule has 164 valence electrons. The quantitative estimate of drug-likeness (QED) is 0.413. The van der Waals surface area contributed by atoms with E-state index in [0.717, 1.165) is 13.1 Å². The van der Waals surface area contributed by atoms with E-state index in [1.54, 1.807) is 30.3 Å². The minimum Gasteiger partial charge on any atom is -0.507 e. The Morgan fingerprint density at radius 1 is 1.13 bits per heavy atom. The number of carbonyl (C=O) groups excluding carboxylic acids is 2. The Bertz CT molecular complexity index is 994. The second kappa shape index (κ2) is 8.85. The molecule has 1 saturated heterocycles. The molecule has 2 aliphatic rings. The van der Waals surface area contributed by atoms with Crippen molar-refractivity contribution in [3.8, 4) is 11.5 Å². The molecule has 0 aliphatic carbocycles. The highest BCUT2D eigenvalue weighted by atomic mass is 16.6. The number of fused-ring (bicyclic) bond motifs is 1. The third-order valence-corrected chi connectivity index (χ3v) is 5.72. The molecule has 8 nitrogen and oxygen atoms in total. The summed E-state index contributed by atoms with van der Waals surface area (Å²) >= 11 is 0. The monoisotopic (exact) mass is 426 g/mol. The molecule has 1 unspecified atom stereocenters. The van der Waals surface area contributed by atoms with E-state index >= 15 is 0 Å². The van der Waals surface area contributed by atoms with Gasteiger partial charge in [-0.3, -0.25) is 9.59 Å². The van der Waals surface area contributed by atoms with Crippen LogP contribution in [0.25, 0.3) is 5.76 Å². The summed E-state index contributed by atoms with van der Waals surface area (Å²) in [7, 11) is 0. The van der Waals surface area contributed by atoms with Crippen molar-refractivity contribution >= 4 is 17.4 Å². The molecule has 0 spiro atoms. The van der Waals surface area contributed by atoms with Crippen molar-refractivity contribution in [2.45, 2.75) is 19.9 Å². The van der Waals surface area contributed by atoms with Crippen LogP contribution in [0.3, 0.4) is 0 Å². The summed E-state index contributed by atoms with van der Waals surface area (Å²) in [4.78, 5) is 29.5. The van der Waals surface area contributed by atoms with Gasteiger partial charge >= 0.3 is 0 Å². The number of rotatable bonds is 7. The zero-order valence-electron chi connectivity index (χ0n) is 17.7. The van der Waals surface area contributed by atoms with Gasteiger partial charge in [0.25, 0.3) is 11.7 Å². The summed E-state index contributed by atoms with van der Waals surface area (Å²) < 4.78 is 16.7. The smallest absolute Gasteiger partial charge is 0.295 e. The van der Waals surface area contributed by atoms with Crippen LogP contribution in [0, 0.1) is 0 Å². The highest BCUT2D eigenvalue weighted by molar-refractivity contribution is 6.46. The number of likely N-dealkylation sites (N-methyl/N-ethyl adjacent to an activating group) is 1. The average Bonchev–Trinajstić information content (AvgIpc) is 3.41. The van der Waals surface area contributed by atoms with E-state index in [4.69, 9.17) is 13.9 Å². The van der Waals surface area contributed by atoms with Gasteiger partial charge in [-0.15, -0.1) is 0 Å². The highest BCUT2D eigenvalue weighted by Gasteiger charge is 2.47. The molecule has 1 N–H and O–H groups in total. The van der Waals surface area contributed by atoms with E-state index in [2.05, 4.69) is 4.90 Å². The number of furan rings is 1. The molecule has 2 aromatic rings. The van der Waals surface area contributed by atoms with E-state index in [1.165, 1.54) is 11.2 Å². The van der Waals surface area contributed by atoms with Crippen LogP contribution < -0.4 is 9.47 Å². The van der Waals surface area contributed by atoms with Crippen LogP contribution in [0.5, 0.6) is 11.5 Å². The standard InChI is InChI=1S/C23H26N2O6/c1-3-24(4-2)9-10-25-20(17-6-5-11-29-17)19(22(27)23(25)28)21(26)15-7-8-16-18(14-15)31-13-12-30-16/h5-8,11,14,20,26H,3-4,9-10,12-13H2,1-2H3/b21-19+. The molecule has 0 saturated carbocycles. The Hall–Kier alpha value is -3.26. The van der Waals surface area contributed by atoms with Crippen molar-refractivity contribution in [2.24, 2.45) is 0 Å². The van der Waals surface area contributed by atoms with Gasteiger partial charge in [-0.05, 0) is 43.4 Å². The number of nitrogens with zero attached hydrogens (tertiary/aromatic N) is 2. The summed E-state index contributed by atoms with van der Waals surface area (Å²) in [6, 6.07) is 7.56. The molecule has 0 radical (unpaired) electrons. The van der Waals surface area contributed by atoms with Gasteiger partial charge in [0.1, 0.15) is 30.8 Å². The third kappa shape index (κ3) is 3.90. The van der Waals surface area contributed by atoms with E-state index in [1.807, 2.05) is 13.8 Å². The second-order valence-corrected chi connectivity index (χ2v) is 7.39. The largest absolute Gasteiger partial charge is 0.507 e. The first-order valence-corrected chi connectivity index (χ1v) is 10.5. The van der Waals surface area contributed by atoms with Crippen LogP contribution in [0.4, 0.5) is 0 Å². The van der Waals surface area contributed by atoms with Crippen molar-refractivity contribution in [1.82, 2.24) is 9.80 Å². The van der Waals surface area contributed by atoms with Crippen LogP contribution in [0.1, 0.15) is 31.2 Å². The summed E-state index contributed by atoms with van der Waals surface area (Å²) in [5.74, 6) is -0.147. The van der Waals surface area contributed by atoms with Gasteiger partial charge in [-0.25, -0.2) is 0 Å². The molecule has 0 bridgehead atoms. The van der Waals surface area contributed by atoms with Crippen molar-refractivity contribution in [3.63, 3.8) is 0 Å². The van der Waals surface area contributed by atoms with Gasteiger partial charge in [0, 0.05) is 18.7 Å². The zero-order valence-corrected chi connectivity index (χ0v) is 17.7. The molecule has 1 atom stereocenters. The maximum absolute atomic E-state index is 13.0. The SMILES string of the molecule is CCN(CC)CCN1C(=O)C(=O)/C(=C(/O)c2ccc3c(c2)OCCO3)C1c1ccco1. The van der Waals surface area contributed by atoms with Crippen molar-refractivity contribution in [2.75, 3.05) is 39.4 Å². The molecular formula is C23H26N2O6. The molecule has 8 heteroatoms. The van der Waals surface area contributed by atoms with E-state index < -0.39 is 17.7 Å². The molecule has 2 aliphatic heterocycles. The maximum atomic E-state index is 13.0. The lowest BCUT2D eigenvalue weighted by molar-refractivity contribution is -0.140. The lowest BCUT2D eigenvalue weighted by Crippen LogP contribution is -2.37. The summed E-state index contributed by atoms with van der Waals surface area (Å²) in [5, 5.41) is 11.1. The number of ketones is 1. The van der Waals surface area contributed by atoms with Gasteiger partial charge in [0.05, 0.1) is 11.8 Å². The van der Waals surface area contributed by atoms with Crippen LogP contribution in [0.2, 0.25) is 0 Å². The number of aliphatic hydroxyl groups is 1. The zero-order chi connectivity index (χ0) is 22.0. The molecule has 31 heavy (non-hydrogen) atoms. The van der Waals surface area contributed by atoms with Crippen LogP contribution in [-0.4, -0.2) is 66.0 Å². The lowest BCUT2D eigenvalue weighted by atomic mass is 9.99. The third-order valence-electron chi connectivity index (χ3n) is 5.72. The first kappa shape index (κ1) is 21.0. The predicted octanol–water partition coefficient (Wildman–Crippen LogP) is 2.81. The molecule has 1 fully saturated rings. The molecule has 3 heterocycles. The summed E-state index contributed by atoms with van der Waals surface area (Å²) in [6.45, 7) is 7.57. The number of Topliss-reactive ketones (excluding diaryl/α,β-unsaturated/α-hetero) is 1. The normalized spacial score (nSPS) is 20.0. The fourth-order valence-electron chi connectivity index (χ4n) is 3.99. The van der Waals surface area contributed by atoms with Crippen molar-refractivity contribution in [1.29, 1.82) is 0 Å². The van der Waals surface area contributed by atoms with Crippen molar-refractivity contribution in [3.05, 3.63) is 53.5 Å². The number of amides is 1. The Morgan fingerprint density at radius 3 is 2.55 bits per heavy atom.